The number of hydrogen-bond donors (Lipinski definition) is 17. The molecule has 2 aromatic rings. The Labute approximate surface area is 506 Å². The Bertz CT molecular complexity index is 2720. The quantitative estimate of drug-likeness (QED) is 0.0291. The summed E-state index contributed by atoms with van der Waals surface area (Å²) in [5.74, 6) is -14.1. The molecular formula is C57H93N15O15. The van der Waals surface area contributed by atoms with Gasteiger partial charge in [0.15, 0.2) is 0 Å². The number of nitrogens with two attached hydrogens (primary N) is 4. The molecule has 1 aromatic carbocycles. The van der Waals surface area contributed by atoms with Crippen molar-refractivity contribution in [1.29, 1.82) is 0 Å². The van der Waals surface area contributed by atoms with Crippen molar-refractivity contribution < 1.29 is 72.5 Å². The van der Waals surface area contributed by atoms with Crippen LogP contribution in [0.4, 0.5) is 0 Å². The van der Waals surface area contributed by atoms with E-state index in [9.17, 15) is 72.5 Å². The minimum absolute atomic E-state index is 0.0125. The first-order chi connectivity index (χ1) is 40.7. The Morgan fingerprint density at radius 3 is 1.43 bits per heavy atom. The number of rotatable bonds is 39. The zero-order valence-corrected chi connectivity index (χ0v) is 51.3. The highest BCUT2D eigenvalue weighted by atomic mass is 16.4. The maximum absolute atomic E-state index is 14.3. The van der Waals surface area contributed by atoms with Gasteiger partial charge in [0.05, 0.1) is 25.5 Å². The van der Waals surface area contributed by atoms with Crippen molar-refractivity contribution >= 4 is 87.8 Å². The third-order valence-corrected chi connectivity index (χ3v) is 14.1. The number of carboxylic acid groups (broad SMARTS) is 1. The monoisotopic (exact) mass is 1230 g/mol. The lowest BCUT2D eigenvalue weighted by Crippen LogP contribution is -2.61. The molecule has 0 fully saturated rings. The van der Waals surface area contributed by atoms with Crippen LogP contribution in [-0.4, -0.2) is 172 Å². The van der Waals surface area contributed by atoms with E-state index in [0.717, 1.165) is 10.9 Å². The van der Waals surface area contributed by atoms with Gasteiger partial charge < -0.3 is 91.3 Å². The number of hydrogen-bond acceptors (Lipinski definition) is 16. The van der Waals surface area contributed by atoms with E-state index < -0.39 is 175 Å². The van der Waals surface area contributed by atoms with E-state index in [0.29, 0.717) is 24.8 Å². The average molecular weight is 1230 g/mol. The molecule has 0 bridgehead atoms. The Kier molecular flexibility index (Phi) is 31.6. The largest absolute Gasteiger partial charge is 0.480 e. The number of unbranched alkanes of at least 4 members (excludes halogenated alkanes) is 1. The Balaban J connectivity index is 2.28. The first-order valence-corrected chi connectivity index (χ1v) is 29.2. The van der Waals surface area contributed by atoms with Crippen molar-refractivity contribution in [2.75, 3.05) is 13.2 Å². The number of aliphatic carboxylic acids is 1. The fraction of sp³-hybridized carbons (Fsp3) is 0.632. The van der Waals surface area contributed by atoms with Gasteiger partial charge in [0.2, 0.25) is 70.9 Å². The van der Waals surface area contributed by atoms with Crippen LogP contribution in [0.15, 0.2) is 30.5 Å². The van der Waals surface area contributed by atoms with Gasteiger partial charge in [-0.3, -0.25) is 57.5 Å². The lowest BCUT2D eigenvalue weighted by atomic mass is 9.96. The molecule has 0 radical (unpaired) electrons. The summed E-state index contributed by atoms with van der Waals surface area (Å²) in [5, 5.41) is 45.3. The molecule has 0 spiro atoms. The van der Waals surface area contributed by atoms with Gasteiger partial charge >= 0.3 is 5.97 Å². The highest BCUT2D eigenvalue weighted by Crippen LogP contribution is 2.19. The molecule has 1 heterocycles. The van der Waals surface area contributed by atoms with Crippen LogP contribution >= 0.6 is 0 Å². The molecule has 0 unspecified atom stereocenters. The van der Waals surface area contributed by atoms with Crippen molar-refractivity contribution in [2.45, 2.75) is 193 Å². The molecule has 0 saturated heterocycles. The SMILES string of the molecule is CC[C@H](C)[C@H](NC(=O)[C@H](CCCCN)NC(=O)[C@H](CC(C)C)NC(=O)[C@H](CO)NC(=O)[C@H](CC(N)=O)NC(=O)[C@@H](N)Cc1c[nH]c2ccccc12)C(=O)N[C@@H](C)C(=O)N[C@@H](CC(N)=O)C(=O)N[C@@H](CC(C)C)C(=O)N[C@@H](C)C(=O)N[C@H](C(=O)O)C(C)C. The molecule has 30 heteroatoms. The van der Waals surface area contributed by atoms with E-state index in [1.807, 2.05) is 24.3 Å². The number of nitrogens with one attached hydrogen (secondary N) is 11. The van der Waals surface area contributed by atoms with Crippen molar-refractivity contribution in [1.82, 2.24) is 58.2 Å². The fourth-order valence-electron chi connectivity index (χ4n) is 8.97. The molecule has 486 valence electrons. The summed E-state index contributed by atoms with van der Waals surface area (Å²) in [4.78, 5) is 176. The molecule has 0 aliphatic carbocycles. The number of carbonyl (C=O) groups excluding carboxylic acids is 12. The third kappa shape index (κ3) is 25.3. The molecule has 87 heavy (non-hydrogen) atoms. The first kappa shape index (κ1) is 74.8. The van der Waals surface area contributed by atoms with Gasteiger partial charge in [0, 0.05) is 17.1 Å². The molecule has 12 amide bonds. The maximum atomic E-state index is 14.3. The second-order valence-corrected chi connectivity index (χ2v) is 23.0. The minimum atomic E-state index is -1.74. The molecule has 12 atom stereocenters. The zero-order valence-electron chi connectivity index (χ0n) is 51.3. The summed E-state index contributed by atoms with van der Waals surface area (Å²) < 4.78 is 0. The number of carboxylic acids is 1. The lowest BCUT2D eigenvalue weighted by molar-refractivity contribution is -0.143. The van der Waals surface area contributed by atoms with Gasteiger partial charge in [-0.15, -0.1) is 0 Å². The van der Waals surface area contributed by atoms with Crippen LogP contribution in [0.5, 0.6) is 0 Å². The fourth-order valence-corrected chi connectivity index (χ4v) is 8.97. The molecule has 0 aliphatic heterocycles. The van der Waals surface area contributed by atoms with Gasteiger partial charge in [-0.2, -0.15) is 0 Å². The number of carbonyl (C=O) groups is 13. The van der Waals surface area contributed by atoms with Crippen LogP contribution in [0.1, 0.15) is 126 Å². The van der Waals surface area contributed by atoms with E-state index >= 15 is 0 Å². The summed E-state index contributed by atoms with van der Waals surface area (Å²) in [7, 11) is 0. The third-order valence-electron chi connectivity index (χ3n) is 14.1. The Hall–Kier alpha value is -8.25. The van der Waals surface area contributed by atoms with Crippen LogP contribution < -0.4 is 76.1 Å². The summed E-state index contributed by atoms with van der Waals surface area (Å²) >= 11 is 0. The van der Waals surface area contributed by atoms with Gasteiger partial charge in [0.25, 0.3) is 0 Å². The van der Waals surface area contributed by atoms with Gasteiger partial charge in [-0.1, -0.05) is 80.0 Å². The summed E-state index contributed by atoms with van der Waals surface area (Å²) in [6.07, 6.45) is 1.24. The first-order valence-electron chi connectivity index (χ1n) is 29.2. The van der Waals surface area contributed by atoms with Crippen LogP contribution in [0.2, 0.25) is 0 Å². The second kappa shape index (κ2) is 36.7. The van der Waals surface area contributed by atoms with E-state index in [-0.39, 0.29) is 44.1 Å². The number of aromatic nitrogens is 1. The predicted octanol–water partition coefficient (Wildman–Crippen LogP) is -3.32. The summed E-state index contributed by atoms with van der Waals surface area (Å²) in [6, 6.07) is -8.35. The second-order valence-electron chi connectivity index (χ2n) is 23.0. The smallest absolute Gasteiger partial charge is 0.326 e. The predicted molar refractivity (Wildman–Crippen MR) is 319 cm³/mol. The minimum Gasteiger partial charge on any atom is -0.480 e. The number of aliphatic hydroxyl groups is 1. The number of para-hydroxylation sites is 1. The molecule has 0 aliphatic rings. The van der Waals surface area contributed by atoms with E-state index in [1.165, 1.54) is 13.8 Å². The van der Waals surface area contributed by atoms with Crippen LogP contribution in [0.3, 0.4) is 0 Å². The van der Waals surface area contributed by atoms with Crippen LogP contribution in [0, 0.1) is 23.7 Å². The van der Waals surface area contributed by atoms with Crippen LogP contribution in [0.25, 0.3) is 10.9 Å². The standard InChI is InChI=1S/C57H93N15O15/c1-11-30(8)46(56(85)64-31(9)47(76)66-40(23-43(60)74)53(82)68-38(20-27(2)3)51(80)63-32(10)48(77)71-45(29(6)7)57(86)87)72-50(79)37(18-14-15-19-58)65-52(81)39(21-28(4)5)69-55(84)42(26-73)70-54(83)41(24-44(61)75)67-49(78)35(59)22-33-25-62-36-17-13-12-16-34(33)36/h12-13,16-17,25,27-32,35,37-42,45-46,62,73H,11,14-15,18-24,26,58-59H2,1-10H3,(H2,60,74)(H2,61,75)(H,63,80)(H,64,85)(H,65,81)(H,66,76)(H,67,78)(H,68,82)(H,69,84)(H,70,83)(H,71,77)(H,72,79)(H,86,87)/t30-,31-,32-,35-,37-,38-,39-,40-,41-,42-,45-,46-/m0/s1. The normalized spacial score (nSPS) is 15.5. The number of aromatic amines is 1. The molecule has 1 aromatic heterocycles. The maximum Gasteiger partial charge on any atom is 0.326 e. The highest BCUT2D eigenvalue weighted by Gasteiger charge is 2.37. The molecule has 21 N–H and O–H groups in total. The van der Waals surface area contributed by atoms with E-state index in [4.69, 9.17) is 22.9 Å². The Morgan fingerprint density at radius 1 is 0.517 bits per heavy atom. The van der Waals surface area contributed by atoms with Crippen molar-refractivity contribution in [3.05, 3.63) is 36.0 Å². The topological polar surface area (TPSA) is 503 Å². The van der Waals surface area contributed by atoms with Gasteiger partial charge in [0.1, 0.15) is 60.4 Å². The van der Waals surface area contributed by atoms with E-state index in [2.05, 4.69) is 58.2 Å². The Morgan fingerprint density at radius 2 is 0.943 bits per heavy atom. The number of amides is 12. The van der Waals surface area contributed by atoms with Crippen molar-refractivity contribution in [3.63, 3.8) is 0 Å². The van der Waals surface area contributed by atoms with Gasteiger partial charge in [-0.05, 0) is 94.2 Å². The zero-order chi connectivity index (χ0) is 66.0. The number of primary amides is 2. The summed E-state index contributed by atoms with van der Waals surface area (Å²) in [5.41, 5.74) is 24.3. The number of H-pyrrole nitrogens is 1. The summed E-state index contributed by atoms with van der Waals surface area (Å²) in [6.45, 7) is 15.2. The highest BCUT2D eigenvalue weighted by molar-refractivity contribution is 6.00. The molecular weight excluding hydrogens is 1130 g/mol. The molecule has 0 saturated carbocycles. The van der Waals surface area contributed by atoms with Crippen molar-refractivity contribution in [3.8, 4) is 0 Å². The van der Waals surface area contributed by atoms with Crippen LogP contribution in [-0.2, 0) is 68.7 Å². The molecule has 30 nitrogen and oxygen atoms in total. The molecule has 2 rings (SSSR count). The average Bonchev–Trinajstić information content (AvgIpc) is 3.66. The van der Waals surface area contributed by atoms with Gasteiger partial charge in [-0.25, -0.2) is 4.79 Å². The number of fused-ring (bicyclic) bond motifs is 1. The number of benzene rings is 1. The van der Waals surface area contributed by atoms with Crippen molar-refractivity contribution in [2.24, 2.45) is 46.6 Å². The van der Waals surface area contributed by atoms with E-state index in [1.54, 1.807) is 61.6 Å². The number of aliphatic hydroxyl groups excluding tert-OH is 1. The lowest BCUT2D eigenvalue weighted by Gasteiger charge is -2.29.